The van der Waals surface area contributed by atoms with E-state index in [4.69, 9.17) is 11.6 Å². The lowest BCUT2D eigenvalue weighted by Crippen LogP contribution is -2.55. The Balaban J connectivity index is 2.81. The predicted octanol–water partition coefficient (Wildman–Crippen LogP) is -0.934. The van der Waals surface area contributed by atoms with Crippen LogP contribution < -0.4 is 5.32 Å². The number of rotatable bonds is 0. The summed E-state index contributed by atoms with van der Waals surface area (Å²) in [6.45, 7) is 0. The predicted molar refractivity (Wildman–Crippen MR) is 30.9 cm³/mol. The Morgan fingerprint density at radius 3 is 2.50 bits per heavy atom. The van der Waals surface area contributed by atoms with Crippen LogP contribution in [0.4, 0.5) is 0 Å². The Bertz CT molecular complexity index is 186. The van der Waals surface area contributed by atoms with Crippen LogP contribution in [0.2, 0.25) is 0 Å². The molecule has 3 nitrogen and oxygen atoms in total. The van der Waals surface area contributed by atoms with E-state index in [-0.39, 0.29) is 22.0 Å². The second kappa shape index (κ2) is 1.87. The first-order chi connectivity index (χ1) is 3.75. The van der Waals surface area contributed by atoms with Gasteiger partial charge in [-0.05, 0) is 0 Å². The molecule has 1 heterocycles. The molecule has 1 aliphatic heterocycles. The van der Waals surface area contributed by atoms with Gasteiger partial charge in [0.2, 0.25) is 0 Å². The molecule has 0 radical (unpaired) electrons. The first kappa shape index (κ1) is 5.78. The number of carbonyl (C=O) groups excluding carboxylic acids is 1. The average Bonchev–Trinajstić information content (AvgIpc) is 1.67. The molecule has 1 atom stereocenters. The normalized spacial score (nSPS) is 26.4. The summed E-state index contributed by atoms with van der Waals surface area (Å²) in [5.74, 6) is -0.343. The van der Waals surface area contributed by atoms with Gasteiger partial charge in [0.1, 0.15) is 21.6 Å². The third-order valence-electron chi connectivity index (χ3n) is 0.802. The molecule has 5 heteroatoms. The van der Waals surface area contributed by atoms with Crippen molar-refractivity contribution >= 4 is 33.6 Å². The van der Waals surface area contributed by atoms with Crippen LogP contribution in [0.3, 0.4) is 0 Å². The summed E-state index contributed by atoms with van der Waals surface area (Å²) in [5.41, 5.74) is -0.537. The maximum atomic E-state index is 10.2. The molecule has 0 aromatic heterocycles. The number of hydrogen-bond donors (Lipinski definition) is 1. The minimum absolute atomic E-state index is 0.150. The number of nitrogens with one attached hydrogen (secondary N) is 1. The average molecular weight is 152 g/mol. The van der Waals surface area contributed by atoms with Gasteiger partial charge < -0.3 is 5.32 Å². The molecule has 1 fully saturated rings. The zero-order valence-electron chi connectivity index (χ0n) is 3.68. The van der Waals surface area contributed by atoms with Gasteiger partial charge in [0.15, 0.2) is 0 Å². The van der Waals surface area contributed by atoms with Crippen LogP contribution in [-0.2, 0) is 16.1 Å². The van der Waals surface area contributed by atoms with E-state index < -0.39 is 5.50 Å². The van der Waals surface area contributed by atoms with E-state index in [9.17, 15) is 9.00 Å². The molecule has 1 aliphatic rings. The van der Waals surface area contributed by atoms with Gasteiger partial charge in [0.05, 0.1) is 0 Å². The number of hydrogen-bond acceptors (Lipinski definition) is 2. The fourth-order valence-corrected chi connectivity index (χ4v) is 0.955. The molecular weight excluding hydrogens is 150 g/mol. The Morgan fingerprint density at radius 2 is 2.38 bits per heavy atom. The summed E-state index contributed by atoms with van der Waals surface area (Å²) in [5, 5.41) is 2.28. The Morgan fingerprint density at radius 1 is 1.75 bits per heavy atom. The second-order valence-electron chi connectivity index (χ2n) is 1.28. The van der Waals surface area contributed by atoms with Crippen molar-refractivity contribution in [1.29, 1.82) is 0 Å². The monoisotopic (exact) mass is 151 g/mol. The second-order valence-corrected chi connectivity index (χ2v) is 2.33. The van der Waals surface area contributed by atoms with E-state index in [1.54, 1.807) is 0 Å². The van der Waals surface area contributed by atoms with E-state index in [0.717, 1.165) is 0 Å². The third kappa shape index (κ3) is 0.656. The standard InChI is InChI=1S/C3H2ClNO2S/c4-2-1(8-7)3(6)5-2/h2H,(H,5,6). The van der Waals surface area contributed by atoms with Crippen molar-refractivity contribution in [1.82, 2.24) is 5.32 Å². The number of amides is 1. The number of alkyl halides is 1. The highest BCUT2D eigenvalue weighted by Gasteiger charge is 2.32. The van der Waals surface area contributed by atoms with Gasteiger partial charge in [0, 0.05) is 0 Å². The molecule has 0 saturated carbocycles. The van der Waals surface area contributed by atoms with Crippen molar-refractivity contribution in [3.8, 4) is 0 Å². The van der Waals surface area contributed by atoms with Crippen LogP contribution in [-0.4, -0.2) is 20.5 Å². The van der Waals surface area contributed by atoms with Gasteiger partial charge >= 0.3 is 0 Å². The topological polar surface area (TPSA) is 46.2 Å². The zero-order valence-corrected chi connectivity index (χ0v) is 5.25. The largest absolute Gasteiger partial charge is 0.330 e. The maximum Gasteiger partial charge on any atom is 0.265 e. The molecule has 0 spiro atoms. The van der Waals surface area contributed by atoms with Crippen molar-refractivity contribution in [3.63, 3.8) is 0 Å². The van der Waals surface area contributed by atoms with Gasteiger partial charge in [-0.1, -0.05) is 11.6 Å². The quantitative estimate of drug-likeness (QED) is 0.210. The van der Waals surface area contributed by atoms with Crippen LogP contribution in [0.25, 0.3) is 0 Å². The van der Waals surface area contributed by atoms with Crippen LogP contribution in [0, 0.1) is 0 Å². The lowest BCUT2D eigenvalue weighted by Gasteiger charge is -2.20. The highest BCUT2D eigenvalue weighted by atomic mass is 35.5. The fourth-order valence-electron chi connectivity index (χ4n) is 0.369. The minimum atomic E-state index is -0.537. The van der Waals surface area contributed by atoms with Crippen LogP contribution >= 0.6 is 11.6 Å². The van der Waals surface area contributed by atoms with Gasteiger partial charge in [-0.3, -0.25) is 4.79 Å². The van der Waals surface area contributed by atoms with Gasteiger partial charge in [-0.15, -0.1) is 0 Å². The highest BCUT2D eigenvalue weighted by Crippen LogP contribution is 2.02. The summed E-state index contributed by atoms with van der Waals surface area (Å²) in [6.07, 6.45) is 0. The van der Waals surface area contributed by atoms with Crippen LogP contribution in [0.15, 0.2) is 0 Å². The van der Waals surface area contributed by atoms with E-state index >= 15 is 0 Å². The summed E-state index contributed by atoms with van der Waals surface area (Å²) in [6, 6.07) is 0. The first-order valence-corrected chi connectivity index (χ1v) is 3.05. The van der Waals surface area contributed by atoms with Gasteiger partial charge in [0.25, 0.3) is 5.91 Å². The summed E-state index contributed by atoms with van der Waals surface area (Å²) < 4.78 is 9.87. The van der Waals surface area contributed by atoms with E-state index in [0.29, 0.717) is 0 Å². The summed E-state index contributed by atoms with van der Waals surface area (Å²) in [7, 11) is 0. The molecule has 1 amide bonds. The SMILES string of the molecule is O=S=C1C(=O)NC1Cl. The fraction of sp³-hybridized carbons (Fsp3) is 0.333. The lowest BCUT2D eigenvalue weighted by atomic mass is 10.3. The molecule has 44 valence electrons. The van der Waals surface area contributed by atoms with Crippen molar-refractivity contribution in [3.05, 3.63) is 0 Å². The molecule has 0 aromatic carbocycles. The van der Waals surface area contributed by atoms with E-state index in [1.165, 1.54) is 0 Å². The van der Waals surface area contributed by atoms with Crippen molar-refractivity contribution in [2.75, 3.05) is 0 Å². The highest BCUT2D eigenvalue weighted by molar-refractivity contribution is 7.69. The molecule has 1 rings (SSSR count). The summed E-state index contributed by atoms with van der Waals surface area (Å²) >= 11 is 5.47. The van der Waals surface area contributed by atoms with Gasteiger partial charge in [-0.2, -0.15) is 0 Å². The minimum Gasteiger partial charge on any atom is -0.330 e. The zero-order chi connectivity index (χ0) is 6.15. The Hall–Kier alpha value is -0.350. The van der Waals surface area contributed by atoms with Crippen molar-refractivity contribution < 1.29 is 9.00 Å². The Labute approximate surface area is 54.1 Å². The van der Waals surface area contributed by atoms with Crippen LogP contribution in [0.1, 0.15) is 0 Å². The number of β-lactam (4-membered cyclic amide) rings is 1. The van der Waals surface area contributed by atoms with Gasteiger partial charge in [-0.25, -0.2) is 4.21 Å². The molecule has 0 bridgehead atoms. The maximum absolute atomic E-state index is 10.2. The Kier molecular flexibility index (Phi) is 1.35. The number of carbonyl (C=O) groups is 1. The smallest absolute Gasteiger partial charge is 0.265 e. The molecule has 1 saturated heterocycles. The van der Waals surface area contributed by atoms with Crippen LogP contribution in [0.5, 0.6) is 0 Å². The summed E-state index contributed by atoms with van der Waals surface area (Å²) in [4.78, 5) is 10.4. The molecule has 0 aliphatic carbocycles. The van der Waals surface area contributed by atoms with E-state index in [2.05, 4.69) is 5.32 Å². The van der Waals surface area contributed by atoms with Crippen molar-refractivity contribution in [2.45, 2.75) is 5.50 Å². The molecule has 1 N–H and O–H groups in total. The van der Waals surface area contributed by atoms with E-state index in [1.807, 2.05) is 0 Å². The molecule has 8 heavy (non-hydrogen) atoms. The lowest BCUT2D eigenvalue weighted by molar-refractivity contribution is -0.116. The number of halogens is 1. The molecule has 1 unspecified atom stereocenters. The first-order valence-electron chi connectivity index (χ1n) is 1.87. The molecular formula is C3H2ClNO2S. The van der Waals surface area contributed by atoms with Crippen molar-refractivity contribution in [2.24, 2.45) is 0 Å². The third-order valence-corrected chi connectivity index (χ3v) is 1.86. The molecule has 0 aromatic rings.